The van der Waals surface area contributed by atoms with Gasteiger partial charge in [0.25, 0.3) is 0 Å². The van der Waals surface area contributed by atoms with Gasteiger partial charge in [0.2, 0.25) is 11.8 Å². The lowest BCUT2D eigenvalue weighted by atomic mass is 9.96. The lowest BCUT2D eigenvalue weighted by Crippen LogP contribution is -2.50. The zero-order valence-corrected chi connectivity index (χ0v) is 22.1. The number of nitrogens with zero attached hydrogens (tertiary/aromatic N) is 4. The van der Waals surface area contributed by atoms with Crippen LogP contribution in [0.25, 0.3) is 11.0 Å². The van der Waals surface area contributed by atoms with Crippen molar-refractivity contribution in [2.24, 2.45) is 0 Å². The smallest absolute Gasteiger partial charge is 0.247 e. The van der Waals surface area contributed by atoms with E-state index >= 15 is 0 Å². The minimum atomic E-state index is -0.862. The van der Waals surface area contributed by atoms with E-state index in [0.717, 1.165) is 23.1 Å². The first-order valence-corrected chi connectivity index (χ1v) is 12.7. The van der Waals surface area contributed by atoms with E-state index in [1.807, 2.05) is 69.3 Å². The van der Waals surface area contributed by atoms with E-state index in [2.05, 4.69) is 29.5 Å². The van der Waals surface area contributed by atoms with Gasteiger partial charge in [-0.2, -0.15) is 0 Å². The van der Waals surface area contributed by atoms with E-state index in [1.54, 1.807) is 28.0 Å². The Hall–Kier alpha value is -3.94. The molecular weight excluding hydrogens is 466 g/mol. The molecule has 0 saturated carbocycles. The van der Waals surface area contributed by atoms with E-state index in [9.17, 15) is 9.59 Å². The summed E-state index contributed by atoms with van der Waals surface area (Å²) in [5.41, 5.74) is 2.92. The molecule has 2 aromatic carbocycles. The molecule has 0 aliphatic rings. The van der Waals surface area contributed by atoms with Gasteiger partial charge in [-0.05, 0) is 61.6 Å². The summed E-state index contributed by atoms with van der Waals surface area (Å²) in [7, 11) is 0. The Bertz CT molecular complexity index is 1340. The zero-order chi connectivity index (χ0) is 26.6. The maximum atomic E-state index is 13.9. The number of carbonyl (C=O) groups excluding carboxylic acids is 2. The molecule has 0 fully saturated rings. The summed E-state index contributed by atoms with van der Waals surface area (Å²) in [6.07, 6.45) is 2.31. The van der Waals surface area contributed by atoms with E-state index in [4.69, 9.17) is 4.42 Å². The molecule has 0 aliphatic heterocycles. The summed E-state index contributed by atoms with van der Waals surface area (Å²) >= 11 is 0. The molecule has 1 N–H and O–H groups in total. The second-order valence-corrected chi connectivity index (χ2v) is 10.3. The van der Waals surface area contributed by atoms with Crippen LogP contribution in [0.15, 0.2) is 71.3 Å². The standard InChI is InChI=1S/C29H35N5O3/c1-6-29(4,5)30-28(36)27(22-15-13-21(14-16-22)20(2)3)33(18-23-10-9-17-37-23)26(35)19-34-25-12-8-7-11-24(25)31-32-34/h7-17,20,27H,6,18-19H2,1-5H3,(H,30,36)/t27-/m0/s1. The largest absolute Gasteiger partial charge is 0.467 e. The first-order valence-electron chi connectivity index (χ1n) is 12.7. The quantitative estimate of drug-likeness (QED) is 0.321. The molecule has 4 aromatic rings. The summed E-state index contributed by atoms with van der Waals surface area (Å²) < 4.78 is 7.17. The van der Waals surface area contributed by atoms with Crippen molar-refractivity contribution < 1.29 is 14.0 Å². The fourth-order valence-electron chi connectivity index (χ4n) is 4.17. The van der Waals surface area contributed by atoms with Gasteiger partial charge < -0.3 is 14.6 Å². The van der Waals surface area contributed by atoms with E-state index < -0.39 is 11.6 Å². The maximum absolute atomic E-state index is 13.9. The van der Waals surface area contributed by atoms with Gasteiger partial charge in [-0.1, -0.05) is 62.4 Å². The number of para-hydroxylation sites is 1. The van der Waals surface area contributed by atoms with Crippen LogP contribution in [-0.2, 0) is 22.7 Å². The third-order valence-electron chi connectivity index (χ3n) is 6.76. The van der Waals surface area contributed by atoms with Gasteiger partial charge in [-0.15, -0.1) is 5.10 Å². The van der Waals surface area contributed by atoms with Crippen LogP contribution in [0.4, 0.5) is 0 Å². The van der Waals surface area contributed by atoms with Crippen LogP contribution in [-0.4, -0.2) is 37.2 Å². The average Bonchev–Trinajstić information content (AvgIpc) is 3.54. The molecule has 0 unspecified atom stereocenters. The summed E-state index contributed by atoms with van der Waals surface area (Å²) in [6.45, 7) is 10.3. The van der Waals surface area contributed by atoms with Crippen molar-refractivity contribution in [2.45, 2.75) is 71.6 Å². The highest BCUT2D eigenvalue weighted by Gasteiger charge is 2.35. The summed E-state index contributed by atoms with van der Waals surface area (Å²) in [4.78, 5) is 29.4. The number of furan rings is 1. The molecule has 37 heavy (non-hydrogen) atoms. The molecule has 0 radical (unpaired) electrons. The fourth-order valence-corrected chi connectivity index (χ4v) is 4.17. The highest BCUT2D eigenvalue weighted by atomic mass is 16.3. The van der Waals surface area contributed by atoms with E-state index in [0.29, 0.717) is 17.2 Å². The molecule has 4 rings (SSSR count). The minimum absolute atomic E-state index is 0.0632. The van der Waals surface area contributed by atoms with Crippen molar-refractivity contribution >= 4 is 22.8 Å². The molecule has 0 bridgehead atoms. The Labute approximate surface area is 217 Å². The first kappa shape index (κ1) is 26.1. The molecule has 2 aromatic heterocycles. The molecule has 0 spiro atoms. The number of amides is 2. The molecule has 194 valence electrons. The first-order chi connectivity index (χ1) is 17.7. The van der Waals surface area contributed by atoms with Crippen LogP contribution in [0.2, 0.25) is 0 Å². The number of aromatic nitrogens is 3. The molecule has 2 amide bonds. The maximum Gasteiger partial charge on any atom is 0.247 e. The minimum Gasteiger partial charge on any atom is -0.467 e. The SMILES string of the molecule is CCC(C)(C)NC(=O)[C@H](c1ccc(C(C)C)cc1)N(Cc1ccco1)C(=O)Cn1nnc2ccccc21. The average molecular weight is 502 g/mol. The highest BCUT2D eigenvalue weighted by molar-refractivity contribution is 5.89. The van der Waals surface area contributed by atoms with Gasteiger partial charge in [0.1, 0.15) is 23.9 Å². The monoisotopic (exact) mass is 501 g/mol. The van der Waals surface area contributed by atoms with Crippen LogP contribution in [0.1, 0.15) is 69.9 Å². The topological polar surface area (TPSA) is 93.3 Å². The number of fused-ring (bicyclic) bond motifs is 1. The molecule has 0 aliphatic carbocycles. The fraction of sp³-hybridized carbons (Fsp3) is 0.379. The van der Waals surface area contributed by atoms with E-state index in [-0.39, 0.29) is 24.9 Å². The molecule has 2 heterocycles. The summed E-state index contributed by atoms with van der Waals surface area (Å²) in [6, 6.07) is 18.1. The lowest BCUT2D eigenvalue weighted by Gasteiger charge is -2.34. The highest BCUT2D eigenvalue weighted by Crippen LogP contribution is 2.28. The number of carbonyl (C=O) groups is 2. The van der Waals surface area contributed by atoms with Crippen molar-refractivity contribution in [1.29, 1.82) is 0 Å². The van der Waals surface area contributed by atoms with Crippen LogP contribution in [0.3, 0.4) is 0 Å². The van der Waals surface area contributed by atoms with Crippen LogP contribution < -0.4 is 5.32 Å². The van der Waals surface area contributed by atoms with Gasteiger partial charge >= 0.3 is 0 Å². The van der Waals surface area contributed by atoms with Crippen molar-refractivity contribution in [3.8, 4) is 0 Å². The number of hydrogen-bond donors (Lipinski definition) is 1. The van der Waals surface area contributed by atoms with E-state index in [1.165, 1.54) is 0 Å². The molecule has 8 heteroatoms. The van der Waals surface area contributed by atoms with Crippen molar-refractivity contribution in [3.63, 3.8) is 0 Å². The van der Waals surface area contributed by atoms with Gasteiger partial charge in [-0.3, -0.25) is 9.59 Å². The molecular formula is C29H35N5O3. The second-order valence-electron chi connectivity index (χ2n) is 10.3. The number of rotatable bonds is 10. The van der Waals surface area contributed by atoms with Crippen molar-refractivity contribution in [2.75, 3.05) is 0 Å². The number of nitrogens with one attached hydrogen (secondary N) is 1. The molecule has 8 nitrogen and oxygen atoms in total. The predicted molar refractivity (Wildman–Crippen MR) is 143 cm³/mol. The van der Waals surface area contributed by atoms with Gasteiger partial charge in [0, 0.05) is 5.54 Å². The summed E-state index contributed by atoms with van der Waals surface area (Å²) in [5, 5.41) is 11.5. The Morgan fingerprint density at radius 1 is 1.03 bits per heavy atom. The molecule has 0 saturated heterocycles. The van der Waals surface area contributed by atoms with Crippen molar-refractivity contribution in [1.82, 2.24) is 25.2 Å². The second kappa shape index (κ2) is 11.0. The number of benzene rings is 2. The Morgan fingerprint density at radius 3 is 2.38 bits per heavy atom. The van der Waals surface area contributed by atoms with Crippen LogP contribution in [0, 0.1) is 0 Å². The third kappa shape index (κ3) is 6.07. The predicted octanol–water partition coefficient (Wildman–Crippen LogP) is 5.22. The Kier molecular flexibility index (Phi) is 7.76. The lowest BCUT2D eigenvalue weighted by molar-refractivity contribution is -0.143. The Morgan fingerprint density at radius 2 is 1.73 bits per heavy atom. The third-order valence-corrected chi connectivity index (χ3v) is 6.76. The van der Waals surface area contributed by atoms with Gasteiger partial charge in [0.15, 0.2) is 0 Å². The summed E-state index contributed by atoms with van der Waals surface area (Å²) in [5.74, 6) is 0.423. The van der Waals surface area contributed by atoms with Crippen molar-refractivity contribution in [3.05, 3.63) is 83.8 Å². The normalized spacial score (nSPS) is 12.6. The van der Waals surface area contributed by atoms with Gasteiger partial charge in [0.05, 0.1) is 18.3 Å². The van der Waals surface area contributed by atoms with Gasteiger partial charge in [-0.25, -0.2) is 4.68 Å². The van der Waals surface area contributed by atoms with Crippen LogP contribution >= 0.6 is 0 Å². The zero-order valence-electron chi connectivity index (χ0n) is 22.1. The van der Waals surface area contributed by atoms with Crippen LogP contribution in [0.5, 0.6) is 0 Å². The molecule has 1 atom stereocenters. The Balaban J connectivity index is 1.75. The number of hydrogen-bond acceptors (Lipinski definition) is 5.